The molecule has 8 heteroatoms. The van der Waals surface area contributed by atoms with Crippen LogP contribution in [0.2, 0.25) is 10.0 Å². The van der Waals surface area contributed by atoms with Gasteiger partial charge in [-0.1, -0.05) is 71.7 Å². The van der Waals surface area contributed by atoms with Crippen molar-refractivity contribution in [3.05, 3.63) is 106 Å². The van der Waals surface area contributed by atoms with Gasteiger partial charge in [-0.15, -0.1) is 0 Å². The fourth-order valence-corrected chi connectivity index (χ4v) is 3.76. The average molecular weight is 507 g/mol. The Morgan fingerprint density at radius 1 is 0.943 bits per heavy atom. The van der Waals surface area contributed by atoms with E-state index in [0.717, 1.165) is 10.8 Å². The Morgan fingerprint density at radius 2 is 1.71 bits per heavy atom. The second-order valence-electron chi connectivity index (χ2n) is 7.56. The molecule has 0 aliphatic carbocycles. The van der Waals surface area contributed by atoms with Crippen LogP contribution in [0.1, 0.15) is 22.8 Å². The van der Waals surface area contributed by atoms with E-state index in [9.17, 15) is 9.59 Å². The van der Waals surface area contributed by atoms with Crippen molar-refractivity contribution in [2.24, 2.45) is 5.10 Å². The van der Waals surface area contributed by atoms with E-state index in [0.29, 0.717) is 22.1 Å². The van der Waals surface area contributed by atoms with Crippen LogP contribution in [-0.2, 0) is 4.79 Å². The first-order chi connectivity index (χ1) is 16.9. The van der Waals surface area contributed by atoms with Crippen molar-refractivity contribution in [2.75, 3.05) is 0 Å². The van der Waals surface area contributed by atoms with Crippen LogP contribution in [-0.4, -0.2) is 24.2 Å². The van der Waals surface area contributed by atoms with E-state index in [1.54, 1.807) is 37.3 Å². The first-order valence-corrected chi connectivity index (χ1v) is 11.4. The molecule has 1 N–H and O–H groups in total. The van der Waals surface area contributed by atoms with Crippen LogP contribution in [0.3, 0.4) is 0 Å². The summed E-state index contributed by atoms with van der Waals surface area (Å²) in [5.74, 6) is -0.114. The van der Waals surface area contributed by atoms with E-state index in [1.807, 2.05) is 42.5 Å². The summed E-state index contributed by atoms with van der Waals surface area (Å²) < 4.78 is 11.2. The van der Waals surface area contributed by atoms with E-state index < -0.39 is 18.0 Å². The number of ether oxygens (including phenoxy) is 2. The summed E-state index contributed by atoms with van der Waals surface area (Å²) in [7, 11) is 0. The maximum Gasteiger partial charge on any atom is 0.345 e. The SMILES string of the molecule is C[C@H](Oc1cccc2ccccc12)C(=O)N/N=C\c1cccc(OC(=O)c2ccc(Cl)cc2Cl)c1. The van der Waals surface area contributed by atoms with Crippen molar-refractivity contribution >= 4 is 52.1 Å². The number of hydrogen-bond donors (Lipinski definition) is 1. The van der Waals surface area contributed by atoms with Crippen molar-refractivity contribution in [1.29, 1.82) is 0 Å². The van der Waals surface area contributed by atoms with Gasteiger partial charge in [0.05, 0.1) is 16.8 Å². The number of amides is 1. The molecular weight excluding hydrogens is 487 g/mol. The van der Waals surface area contributed by atoms with E-state index in [-0.39, 0.29) is 10.6 Å². The number of nitrogens with zero attached hydrogens (tertiary/aromatic N) is 1. The van der Waals surface area contributed by atoms with Gasteiger partial charge in [0.25, 0.3) is 5.91 Å². The zero-order chi connectivity index (χ0) is 24.8. The van der Waals surface area contributed by atoms with Gasteiger partial charge in [-0.3, -0.25) is 4.79 Å². The fourth-order valence-electron chi connectivity index (χ4n) is 3.28. The lowest BCUT2D eigenvalue weighted by Gasteiger charge is -2.14. The van der Waals surface area contributed by atoms with Crippen LogP contribution in [0.5, 0.6) is 11.5 Å². The smallest absolute Gasteiger partial charge is 0.345 e. The van der Waals surface area contributed by atoms with Crippen LogP contribution < -0.4 is 14.9 Å². The molecule has 6 nitrogen and oxygen atoms in total. The molecule has 0 aromatic heterocycles. The largest absolute Gasteiger partial charge is 0.480 e. The molecule has 0 unspecified atom stereocenters. The highest BCUT2D eigenvalue weighted by Crippen LogP contribution is 2.26. The zero-order valence-electron chi connectivity index (χ0n) is 18.6. The number of hydrogen-bond acceptors (Lipinski definition) is 5. The van der Waals surface area contributed by atoms with Crippen LogP contribution in [0, 0.1) is 0 Å². The van der Waals surface area contributed by atoms with Crippen molar-refractivity contribution in [3.63, 3.8) is 0 Å². The number of halogens is 2. The van der Waals surface area contributed by atoms with Crippen LogP contribution >= 0.6 is 23.2 Å². The van der Waals surface area contributed by atoms with Crippen molar-refractivity contribution in [1.82, 2.24) is 5.43 Å². The Bertz CT molecular complexity index is 1420. The van der Waals surface area contributed by atoms with Gasteiger partial charge in [-0.2, -0.15) is 5.10 Å². The monoisotopic (exact) mass is 506 g/mol. The predicted octanol–water partition coefficient (Wildman–Crippen LogP) is 6.28. The molecule has 1 amide bonds. The van der Waals surface area contributed by atoms with Crippen molar-refractivity contribution < 1.29 is 19.1 Å². The Hall–Kier alpha value is -3.87. The maximum atomic E-state index is 12.5. The molecular formula is C27H20Cl2N2O4. The Balaban J connectivity index is 1.36. The molecule has 0 heterocycles. The molecule has 0 fully saturated rings. The van der Waals surface area contributed by atoms with E-state index in [2.05, 4.69) is 10.5 Å². The zero-order valence-corrected chi connectivity index (χ0v) is 20.1. The third kappa shape index (κ3) is 6.18. The van der Waals surface area contributed by atoms with Gasteiger partial charge < -0.3 is 9.47 Å². The van der Waals surface area contributed by atoms with E-state index in [1.165, 1.54) is 18.3 Å². The molecule has 0 spiro atoms. The minimum absolute atomic E-state index is 0.197. The molecule has 0 saturated carbocycles. The molecule has 35 heavy (non-hydrogen) atoms. The molecule has 0 saturated heterocycles. The number of nitrogens with one attached hydrogen (secondary N) is 1. The topological polar surface area (TPSA) is 77.0 Å². The van der Waals surface area contributed by atoms with Gasteiger partial charge >= 0.3 is 5.97 Å². The number of carbonyl (C=O) groups excluding carboxylic acids is 2. The molecule has 0 bridgehead atoms. The minimum Gasteiger partial charge on any atom is -0.480 e. The molecule has 176 valence electrons. The second kappa shape index (κ2) is 11.0. The third-order valence-electron chi connectivity index (χ3n) is 5.03. The van der Waals surface area contributed by atoms with Crippen LogP contribution in [0.4, 0.5) is 0 Å². The Morgan fingerprint density at radius 3 is 2.54 bits per heavy atom. The third-order valence-corrected chi connectivity index (χ3v) is 5.58. The Labute approximate surface area is 212 Å². The highest BCUT2D eigenvalue weighted by atomic mass is 35.5. The first kappa shape index (κ1) is 24.3. The van der Waals surface area contributed by atoms with Gasteiger partial charge in [-0.05, 0) is 54.3 Å². The molecule has 4 aromatic rings. The number of carbonyl (C=O) groups is 2. The summed E-state index contributed by atoms with van der Waals surface area (Å²) in [5, 5.41) is 6.55. The number of hydrazone groups is 1. The Kier molecular flexibility index (Phi) is 7.65. The first-order valence-electron chi connectivity index (χ1n) is 10.7. The summed E-state index contributed by atoms with van der Waals surface area (Å²) in [6, 6.07) is 24.6. The summed E-state index contributed by atoms with van der Waals surface area (Å²) >= 11 is 11.9. The van der Waals surface area contributed by atoms with Gasteiger partial charge in [0.1, 0.15) is 11.5 Å². The number of benzene rings is 4. The number of esters is 1. The van der Waals surface area contributed by atoms with Crippen molar-refractivity contribution in [2.45, 2.75) is 13.0 Å². The van der Waals surface area contributed by atoms with Gasteiger partial charge in [0.2, 0.25) is 0 Å². The molecule has 4 rings (SSSR count). The summed E-state index contributed by atoms with van der Waals surface area (Å²) in [6.07, 6.45) is 0.671. The number of rotatable bonds is 7. The van der Waals surface area contributed by atoms with E-state index in [4.69, 9.17) is 32.7 Å². The lowest BCUT2D eigenvalue weighted by molar-refractivity contribution is -0.127. The van der Waals surface area contributed by atoms with Gasteiger partial charge in [0.15, 0.2) is 6.10 Å². The van der Waals surface area contributed by atoms with Crippen LogP contribution in [0.15, 0.2) is 90.0 Å². The maximum absolute atomic E-state index is 12.5. The van der Waals surface area contributed by atoms with Crippen molar-refractivity contribution in [3.8, 4) is 11.5 Å². The predicted molar refractivity (Wildman–Crippen MR) is 138 cm³/mol. The normalized spacial score (nSPS) is 11.9. The number of fused-ring (bicyclic) bond motifs is 1. The summed E-state index contributed by atoms with van der Waals surface area (Å²) in [5.41, 5.74) is 3.27. The highest BCUT2D eigenvalue weighted by molar-refractivity contribution is 6.36. The molecule has 0 aliphatic heterocycles. The lowest BCUT2D eigenvalue weighted by atomic mass is 10.1. The fraction of sp³-hybridized carbons (Fsp3) is 0.0741. The standard InChI is InChI=1S/C27H20Cl2N2O4/c1-17(34-25-11-5-8-19-7-2-3-10-22(19)25)26(32)31-30-16-18-6-4-9-21(14-18)35-27(33)23-13-12-20(28)15-24(23)29/h2-17H,1H3,(H,31,32)/b30-16-/t17-/m0/s1. The lowest BCUT2D eigenvalue weighted by Crippen LogP contribution is -2.33. The minimum atomic E-state index is -0.769. The second-order valence-corrected chi connectivity index (χ2v) is 8.40. The summed E-state index contributed by atoms with van der Waals surface area (Å²) in [4.78, 5) is 24.9. The summed E-state index contributed by atoms with van der Waals surface area (Å²) in [6.45, 7) is 1.65. The molecule has 4 aromatic carbocycles. The highest BCUT2D eigenvalue weighted by Gasteiger charge is 2.16. The van der Waals surface area contributed by atoms with Gasteiger partial charge in [0, 0.05) is 10.4 Å². The van der Waals surface area contributed by atoms with Gasteiger partial charge in [-0.25, -0.2) is 10.2 Å². The quantitative estimate of drug-likeness (QED) is 0.138. The average Bonchev–Trinajstić information content (AvgIpc) is 2.84. The molecule has 0 aliphatic rings. The molecule has 0 radical (unpaired) electrons. The van der Waals surface area contributed by atoms with E-state index >= 15 is 0 Å². The van der Waals surface area contributed by atoms with Crippen LogP contribution in [0.25, 0.3) is 10.8 Å². The molecule has 1 atom stereocenters.